The molecule has 4 nitrogen and oxygen atoms in total. The molecule has 1 atom stereocenters. The Morgan fingerprint density at radius 1 is 1.39 bits per heavy atom. The van der Waals surface area contributed by atoms with Gasteiger partial charge in [-0.3, -0.25) is 4.79 Å². The quantitative estimate of drug-likeness (QED) is 0.855. The first-order valence-electron chi connectivity index (χ1n) is 5.71. The number of halogens is 2. The van der Waals surface area contributed by atoms with Gasteiger partial charge in [0.15, 0.2) is 0 Å². The van der Waals surface area contributed by atoms with E-state index in [2.05, 4.69) is 15.4 Å². The first-order chi connectivity index (χ1) is 8.65. The fourth-order valence-electron chi connectivity index (χ4n) is 1.83. The first-order valence-corrected chi connectivity index (χ1v) is 5.71. The van der Waals surface area contributed by atoms with Crippen molar-refractivity contribution in [3.8, 4) is 5.75 Å². The molecular weight excluding hydrogens is 242 g/mol. The van der Waals surface area contributed by atoms with Crippen LogP contribution in [0, 0.1) is 0 Å². The van der Waals surface area contributed by atoms with Crippen molar-refractivity contribution in [2.24, 2.45) is 0 Å². The van der Waals surface area contributed by atoms with E-state index in [4.69, 9.17) is 0 Å². The van der Waals surface area contributed by atoms with Crippen molar-refractivity contribution in [3.63, 3.8) is 0 Å². The van der Waals surface area contributed by atoms with Crippen LogP contribution < -0.4 is 15.4 Å². The van der Waals surface area contributed by atoms with Crippen molar-refractivity contribution in [2.75, 3.05) is 13.1 Å². The average Bonchev–Trinajstić information content (AvgIpc) is 2.82. The van der Waals surface area contributed by atoms with Gasteiger partial charge in [-0.05, 0) is 37.2 Å². The third-order valence-electron chi connectivity index (χ3n) is 2.74. The monoisotopic (exact) mass is 256 g/mol. The lowest BCUT2D eigenvalue weighted by Crippen LogP contribution is -2.36. The van der Waals surface area contributed by atoms with Crippen molar-refractivity contribution in [2.45, 2.75) is 19.1 Å². The van der Waals surface area contributed by atoms with Crippen LogP contribution in [0.25, 0.3) is 0 Å². The van der Waals surface area contributed by atoms with Gasteiger partial charge in [0, 0.05) is 18.2 Å². The molecule has 18 heavy (non-hydrogen) atoms. The Labute approximate surface area is 103 Å². The Balaban J connectivity index is 1.93. The van der Waals surface area contributed by atoms with Gasteiger partial charge in [-0.25, -0.2) is 0 Å². The first kappa shape index (κ1) is 12.8. The Kier molecular flexibility index (Phi) is 4.09. The Bertz CT molecular complexity index is 403. The lowest BCUT2D eigenvalue weighted by atomic mass is 10.2. The van der Waals surface area contributed by atoms with Crippen molar-refractivity contribution in [3.05, 3.63) is 29.8 Å². The molecule has 1 heterocycles. The fraction of sp³-hybridized carbons (Fsp3) is 0.417. The van der Waals surface area contributed by atoms with Gasteiger partial charge < -0.3 is 15.4 Å². The predicted molar refractivity (Wildman–Crippen MR) is 61.8 cm³/mol. The molecule has 1 aromatic rings. The van der Waals surface area contributed by atoms with E-state index >= 15 is 0 Å². The van der Waals surface area contributed by atoms with Crippen LogP contribution in [0.4, 0.5) is 8.78 Å². The summed E-state index contributed by atoms with van der Waals surface area (Å²) in [5, 5.41) is 6.01. The molecule has 0 aliphatic carbocycles. The van der Waals surface area contributed by atoms with Gasteiger partial charge in [0.1, 0.15) is 5.75 Å². The number of nitrogens with one attached hydrogen (secondary N) is 2. The summed E-state index contributed by atoms with van der Waals surface area (Å²) in [5.74, 6) is -0.156. The molecule has 0 bridgehead atoms. The van der Waals surface area contributed by atoms with E-state index in [1.807, 2.05) is 0 Å². The average molecular weight is 256 g/mol. The van der Waals surface area contributed by atoms with Crippen molar-refractivity contribution < 1.29 is 18.3 Å². The predicted octanol–water partition coefficient (Wildman–Crippen LogP) is 1.38. The zero-order valence-electron chi connectivity index (χ0n) is 9.66. The number of carbonyl (C=O) groups is 1. The van der Waals surface area contributed by atoms with E-state index in [0.29, 0.717) is 5.56 Å². The number of benzene rings is 1. The summed E-state index contributed by atoms with van der Waals surface area (Å²) in [6, 6.07) is 5.78. The minimum atomic E-state index is -2.85. The van der Waals surface area contributed by atoms with Crippen molar-refractivity contribution in [1.82, 2.24) is 10.6 Å². The highest BCUT2D eigenvalue weighted by molar-refractivity contribution is 5.94. The molecule has 1 fully saturated rings. The number of rotatable bonds is 4. The molecule has 1 aliphatic rings. The summed E-state index contributed by atoms with van der Waals surface area (Å²) in [4.78, 5) is 11.8. The van der Waals surface area contributed by atoms with Crippen LogP contribution in [0.1, 0.15) is 16.8 Å². The molecule has 1 amide bonds. The van der Waals surface area contributed by atoms with E-state index in [0.717, 1.165) is 19.5 Å². The second-order valence-electron chi connectivity index (χ2n) is 4.07. The van der Waals surface area contributed by atoms with Crippen LogP contribution in [0.15, 0.2) is 24.3 Å². The molecule has 2 rings (SSSR count). The van der Waals surface area contributed by atoms with E-state index in [-0.39, 0.29) is 17.7 Å². The third kappa shape index (κ3) is 3.40. The fourth-order valence-corrected chi connectivity index (χ4v) is 1.83. The maximum absolute atomic E-state index is 11.9. The van der Waals surface area contributed by atoms with Gasteiger partial charge in [-0.1, -0.05) is 0 Å². The lowest BCUT2D eigenvalue weighted by molar-refractivity contribution is -0.0498. The van der Waals surface area contributed by atoms with Gasteiger partial charge in [0.2, 0.25) is 0 Å². The van der Waals surface area contributed by atoms with E-state index < -0.39 is 6.61 Å². The maximum atomic E-state index is 11.9. The molecule has 0 aromatic heterocycles. The van der Waals surface area contributed by atoms with Crippen LogP contribution in [-0.2, 0) is 0 Å². The van der Waals surface area contributed by atoms with E-state index in [9.17, 15) is 13.6 Å². The molecule has 0 spiro atoms. The van der Waals surface area contributed by atoms with Crippen LogP contribution >= 0.6 is 0 Å². The Hall–Kier alpha value is -1.69. The number of ether oxygens (including phenoxy) is 1. The molecule has 6 heteroatoms. The molecule has 0 radical (unpaired) electrons. The topological polar surface area (TPSA) is 50.4 Å². The summed E-state index contributed by atoms with van der Waals surface area (Å²) < 4.78 is 28.1. The van der Waals surface area contributed by atoms with Crippen molar-refractivity contribution >= 4 is 5.91 Å². The SMILES string of the molecule is O=C(NC1CCNC1)c1ccc(OC(F)F)cc1. The molecule has 2 N–H and O–H groups in total. The van der Waals surface area contributed by atoms with E-state index in [1.54, 1.807) is 0 Å². The van der Waals surface area contributed by atoms with Gasteiger partial charge in [-0.15, -0.1) is 0 Å². The Morgan fingerprint density at radius 3 is 2.67 bits per heavy atom. The largest absolute Gasteiger partial charge is 0.435 e. The van der Waals surface area contributed by atoms with Crippen LogP contribution in [-0.4, -0.2) is 31.7 Å². The minimum absolute atomic E-state index is 0.0454. The summed E-state index contributed by atoms with van der Waals surface area (Å²) in [6.45, 7) is -1.20. The standard InChI is InChI=1S/C12H14F2N2O2/c13-12(14)18-10-3-1-8(2-4-10)11(17)16-9-5-6-15-7-9/h1-4,9,12,15H,5-7H2,(H,16,17). The maximum Gasteiger partial charge on any atom is 0.387 e. The van der Waals surface area contributed by atoms with Crippen LogP contribution in [0.2, 0.25) is 0 Å². The molecule has 1 aromatic carbocycles. The molecule has 1 unspecified atom stereocenters. The summed E-state index contributed by atoms with van der Waals surface area (Å²) in [7, 11) is 0. The number of hydrogen-bond acceptors (Lipinski definition) is 3. The van der Waals surface area contributed by atoms with Crippen LogP contribution in [0.5, 0.6) is 5.75 Å². The molecular formula is C12H14F2N2O2. The van der Waals surface area contributed by atoms with Gasteiger partial charge in [0.25, 0.3) is 5.91 Å². The van der Waals surface area contributed by atoms with Crippen LogP contribution in [0.3, 0.4) is 0 Å². The van der Waals surface area contributed by atoms with Gasteiger partial charge in [-0.2, -0.15) is 8.78 Å². The minimum Gasteiger partial charge on any atom is -0.435 e. The second-order valence-corrected chi connectivity index (χ2v) is 4.07. The third-order valence-corrected chi connectivity index (χ3v) is 2.74. The molecule has 98 valence electrons. The second kappa shape index (κ2) is 5.77. The summed E-state index contributed by atoms with van der Waals surface area (Å²) in [6.07, 6.45) is 0.901. The normalized spacial score (nSPS) is 18.9. The zero-order chi connectivity index (χ0) is 13.0. The zero-order valence-corrected chi connectivity index (χ0v) is 9.66. The highest BCUT2D eigenvalue weighted by Crippen LogP contribution is 2.15. The number of hydrogen-bond donors (Lipinski definition) is 2. The van der Waals surface area contributed by atoms with Gasteiger partial charge in [0.05, 0.1) is 0 Å². The molecule has 0 saturated carbocycles. The van der Waals surface area contributed by atoms with Gasteiger partial charge >= 0.3 is 6.61 Å². The molecule has 1 saturated heterocycles. The summed E-state index contributed by atoms with van der Waals surface area (Å²) >= 11 is 0. The van der Waals surface area contributed by atoms with Crippen molar-refractivity contribution in [1.29, 1.82) is 0 Å². The summed E-state index contributed by atoms with van der Waals surface area (Å²) in [5.41, 5.74) is 0.434. The number of carbonyl (C=O) groups excluding carboxylic acids is 1. The lowest BCUT2D eigenvalue weighted by Gasteiger charge is -2.11. The Morgan fingerprint density at radius 2 is 2.11 bits per heavy atom. The number of amides is 1. The number of alkyl halides is 2. The highest BCUT2D eigenvalue weighted by Gasteiger charge is 2.17. The smallest absolute Gasteiger partial charge is 0.387 e. The highest BCUT2D eigenvalue weighted by atomic mass is 19.3. The van der Waals surface area contributed by atoms with E-state index in [1.165, 1.54) is 24.3 Å². The molecule has 1 aliphatic heterocycles.